The van der Waals surface area contributed by atoms with Gasteiger partial charge in [-0.05, 0) is 25.0 Å². The number of esters is 1. The number of carbonyl (C=O) groups excluding carboxylic acids is 1. The smallest absolute Gasteiger partial charge is 0.303 e. The topological polar surface area (TPSA) is 30.7 Å². The summed E-state index contributed by atoms with van der Waals surface area (Å²) in [5.74, 6) is -0.298. The van der Waals surface area contributed by atoms with Gasteiger partial charge < -0.3 is 4.74 Å². The minimum Gasteiger partial charge on any atom is -0.459 e. The van der Waals surface area contributed by atoms with Crippen LogP contribution in [0.4, 0.5) is 5.69 Å². The molecular formula is C15H17NO2. The van der Waals surface area contributed by atoms with Gasteiger partial charge in [0.25, 0.3) is 0 Å². The Hall–Kier alpha value is -2.08. The minimum atomic E-state index is -0.298. The number of para-hydroxylation sites is 1. The predicted octanol–water partition coefficient (Wildman–Crippen LogP) is 3.98. The minimum absolute atomic E-state index is 0.281. The van der Waals surface area contributed by atoms with E-state index in [9.17, 15) is 4.79 Å². The SMILES string of the molecule is [C-]#[N+]c1ccccc1/C(=C/C(C)OC(C)=O)CC. The highest BCUT2D eigenvalue weighted by atomic mass is 16.5. The molecule has 0 aromatic heterocycles. The lowest BCUT2D eigenvalue weighted by atomic mass is 10.00. The molecule has 1 rings (SSSR count). The van der Waals surface area contributed by atoms with E-state index in [-0.39, 0.29) is 12.1 Å². The predicted molar refractivity (Wildman–Crippen MR) is 72.2 cm³/mol. The van der Waals surface area contributed by atoms with Gasteiger partial charge in [-0.1, -0.05) is 36.8 Å². The van der Waals surface area contributed by atoms with Crippen molar-refractivity contribution < 1.29 is 9.53 Å². The summed E-state index contributed by atoms with van der Waals surface area (Å²) in [4.78, 5) is 14.4. The Kier molecular flexibility index (Phi) is 5.13. The Morgan fingerprint density at radius 1 is 1.50 bits per heavy atom. The molecule has 1 aromatic rings. The molecule has 0 heterocycles. The van der Waals surface area contributed by atoms with Crippen LogP contribution in [0.5, 0.6) is 0 Å². The second-order valence-electron chi connectivity index (χ2n) is 3.99. The molecule has 3 heteroatoms. The summed E-state index contributed by atoms with van der Waals surface area (Å²) < 4.78 is 5.08. The van der Waals surface area contributed by atoms with Crippen LogP contribution >= 0.6 is 0 Å². The third-order valence-electron chi connectivity index (χ3n) is 2.54. The maximum Gasteiger partial charge on any atom is 0.303 e. The molecule has 18 heavy (non-hydrogen) atoms. The van der Waals surface area contributed by atoms with Crippen molar-refractivity contribution >= 4 is 17.2 Å². The molecular weight excluding hydrogens is 226 g/mol. The lowest BCUT2D eigenvalue weighted by Gasteiger charge is -2.12. The van der Waals surface area contributed by atoms with Crippen LogP contribution in [0.2, 0.25) is 0 Å². The zero-order chi connectivity index (χ0) is 13.5. The zero-order valence-electron chi connectivity index (χ0n) is 10.9. The van der Waals surface area contributed by atoms with Gasteiger partial charge in [-0.3, -0.25) is 4.79 Å². The molecule has 1 atom stereocenters. The molecule has 1 unspecified atom stereocenters. The molecule has 0 amide bonds. The van der Waals surface area contributed by atoms with Crippen molar-refractivity contribution in [3.05, 3.63) is 47.3 Å². The van der Waals surface area contributed by atoms with Crippen LogP contribution in [0.1, 0.15) is 32.8 Å². The highest BCUT2D eigenvalue weighted by Crippen LogP contribution is 2.28. The second kappa shape index (κ2) is 6.61. The molecule has 0 spiro atoms. The quantitative estimate of drug-likeness (QED) is 0.591. The largest absolute Gasteiger partial charge is 0.459 e. The molecule has 3 nitrogen and oxygen atoms in total. The van der Waals surface area contributed by atoms with Crippen molar-refractivity contribution in [2.45, 2.75) is 33.3 Å². The maximum atomic E-state index is 10.9. The number of hydrogen-bond acceptors (Lipinski definition) is 2. The van der Waals surface area contributed by atoms with Gasteiger partial charge in [0.2, 0.25) is 0 Å². The first kappa shape index (κ1) is 14.0. The monoisotopic (exact) mass is 243 g/mol. The Morgan fingerprint density at radius 3 is 2.72 bits per heavy atom. The summed E-state index contributed by atoms with van der Waals surface area (Å²) in [6, 6.07) is 7.47. The summed E-state index contributed by atoms with van der Waals surface area (Å²) in [6.45, 7) is 12.4. The molecule has 0 aliphatic carbocycles. The van der Waals surface area contributed by atoms with Crippen LogP contribution in [-0.4, -0.2) is 12.1 Å². The summed E-state index contributed by atoms with van der Waals surface area (Å²) >= 11 is 0. The summed E-state index contributed by atoms with van der Waals surface area (Å²) in [7, 11) is 0. The van der Waals surface area contributed by atoms with Crippen LogP contribution in [0, 0.1) is 6.57 Å². The fourth-order valence-corrected chi connectivity index (χ4v) is 1.82. The van der Waals surface area contributed by atoms with E-state index in [1.54, 1.807) is 6.07 Å². The molecule has 0 N–H and O–H groups in total. The van der Waals surface area contributed by atoms with Crippen molar-refractivity contribution in [1.82, 2.24) is 0 Å². The lowest BCUT2D eigenvalue weighted by Crippen LogP contribution is -2.09. The van der Waals surface area contributed by atoms with Crippen molar-refractivity contribution in [1.29, 1.82) is 0 Å². The highest BCUT2D eigenvalue weighted by molar-refractivity contribution is 5.77. The summed E-state index contributed by atoms with van der Waals surface area (Å²) in [6.07, 6.45) is 2.40. The molecule has 0 fully saturated rings. The molecule has 94 valence electrons. The van der Waals surface area contributed by atoms with Gasteiger partial charge >= 0.3 is 5.97 Å². The van der Waals surface area contributed by atoms with Crippen LogP contribution in [0.15, 0.2) is 30.3 Å². The van der Waals surface area contributed by atoms with E-state index < -0.39 is 0 Å². The van der Waals surface area contributed by atoms with Crippen LogP contribution in [0.3, 0.4) is 0 Å². The van der Waals surface area contributed by atoms with Crippen LogP contribution in [0.25, 0.3) is 10.4 Å². The fraction of sp³-hybridized carbons (Fsp3) is 0.333. The van der Waals surface area contributed by atoms with Crippen molar-refractivity contribution in [3.8, 4) is 0 Å². The zero-order valence-corrected chi connectivity index (χ0v) is 10.9. The van der Waals surface area contributed by atoms with Gasteiger partial charge in [-0.15, -0.1) is 0 Å². The second-order valence-corrected chi connectivity index (χ2v) is 3.99. The van der Waals surface area contributed by atoms with Gasteiger partial charge in [0, 0.05) is 6.92 Å². The Labute approximate surface area is 108 Å². The Balaban J connectivity index is 3.06. The normalized spacial score (nSPS) is 12.7. The van der Waals surface area contributed by atoms with Crippen molar-refractivity contribution in [2.24, 2.45) is 0 Å². The van der Waals surface area contributed by atoms with E-state index in [0.29, 0.717) is 5.69 Å². The molecule has 0 aliphatic heterocycles. The molecule has 0 bridgehead atoms. The number of nitrogens with zero attached hydrogens (tertiary/aromatic N) is 1. The molecule has 0 saturated heterocycles. The van der Waals surface area contributed by atoms with E-state index in [1.165, 1.54) is 6.92 Å². The van der Waals surface area contributed by atoms with Gasteiger partial charge in [0.1, 0.15) is 6.10 Å². The number of ether oxygens (including phenoxy) is 1. The van der Waals surface area contributed by atoms with E-state index >= 15 is 0 Å². The van der Waals surface area contributed by atoms with Gasteiger partial charge in [-0.2, -0.15) is 0 Å². The van der Waals surface area contributed by atoms with Crippen LogP contribution in [-0.2, 0) is 9.53 Å². The van der Waals surface area contributed by atoms with E-state index in [4.69, 9.17) is 11.3 Å². The first-order valence-corrected chi connectivity index (χ1v) is 5.93. The van der Waals surface area contributed by atoms with Gasteiger partial charge in [-0.25, -0.2) is 4.85 Å². The average molecular weight is 243 g/mol. The molecule has 0 radical (unpaired) electrons. The number of allylic oxidation sites excluding steroid dienone is 1. The highest BCUT2D eigenvalue weighted by Gasteiger charge is 2.08. The van der Waals surface area contributed by atoms with Gasteiger partial charge in [0.05, 0.1) is 6.57 Å². The van der Waals surface area contributed by atoms with E-state index in [0.717, 1.165) is 17.6 Å². The Bertz CT molecular complexity index is 497. The Morgan fingerprint density at radius 2 is 2.17 bits per heavy atom. The van der Waals surface area contributed by atoms with Crippen LogP contribution < -0.4 is 0 Å². The third kappa shape index (κ3) is 3.74. The van der Waals surface area contributed by atoms with Crippen molar-refractivity contribution in [3.63, 3.8) is 0 Å². The fourth-order valence-electron chi connectivity index (χ4n) is 1.82. The number of benzene rings is 1. The van der Waals surface area contributed by atoms with Gasteiger partial charge in [0.15, 0.2) is 5.69 Å². The van der Waals surface area contributed by atoms with Crippen molar-refractivity contribution in [2.75, 3.05) is 0 Å². The number of carbonyl (C=O) groups is 1. The van der Waals surface area contributed by atoms with E-state index in [2.05, 4.69) is 4.85 Å². The average Bonchev–Trinajstić information content (AvgIpc) is 2.35. The molecule has 0 saturated carbocycles. The first-order chi connectivity index (χ1) is 8.58. The standard InChI is InChI=1S/C15H17NO2/c1-5-13(10-11(2)18-12(3)17)14-8-6-7-9-15(14)16-4/h6-11H,5H2,1-3H3/b13-10+. The molecule has 0 aliphatic rings. The first-order valence-electron chi connectivity index (χ1n) is 5.93. The third-order valence-corrected chi connectivity index (χ3v) is 2.54. The molecule has 1 aromatic carbocycles. The summed E-state index contributed by atoms with van der Waals surface area (Å²) in [5, 5.41) is 0. The number of rotatable bonds is 4. The maximum absolute atomic E-state index is 10.9. The number of hydrogen-bond donors (Lipinski definition) is 0. The summed E-state index contributed by atoms with van der Waals surface area (Å²) in [5.41, 5.74) is 2.56. The lowest BCUT2D eigenvalue weighted by molar-refractivity contribution is -0.143. The van der Waals surface area contributed by atoms with E-state index in [1.807, 2.05) is 38.1 Å².